The molecule has 1 aromatic heterocycles. The molecule has 2 N–H and O–H groups in total. The minimum Gasteiger partial charge on any atom is -0.480 e. The Kier molecular flexibility index (Phi) is 5.12. The van der Waals surface area contributed by atoms with Gasteiger partial charge in [0, 0.05) is 17.2 Å². The Bertz CT molecular complexity index is 480. The van der Waals surface area contributed by atoms with Crippen LogP contribution in [0.2, 0.25) is 0 Å². The summed E-state index contributed by atoms with van der Waals surface area (Å²) in [6.07, 6.45) is 0.751. The Balaban J connectivity index is 1.79. The number of hydrogen-bond acceptors (Lipinski definition) is 4. The van der Waals surface area contributed by atoms with E-state index in [9.17, 15) is 9.59 Å². The van der Waals surface area contributed by atoms with Gasteiger partial charge in [0.05, 0.1) is 9.66 Å². The van der Waals surface area contributed by atoms with Crippen molar-refractivity contribution in [3.8, 4) is 0 Å². The molecule has 0 spiro atoms. The van der Waals surface area contributed by atoms with Crippen LogP contribution in [0.25, 0.3) is 0 Å². The summed E-state index contributed by atoms with van der Waals surface area (Å²) in [7, 11) is 0. The smallest absolute Gasteiger partial charge is 0.327 e. The SMILES string of the molecule is O=C(O)[C@@H]1CSCN1C(=O)NCCc1ccc(Br)s1. The zero-order valence-electron chi connectivity index (χ0n) is 9.97. The van der Waals surface area contributed by atoms with Gasteiger partial charge in [0.1, 0.15) is 6.04 Å². The Morgan fingerprint density at radius 3 is 2.95 bits per heavy atom. The van der Waals surface area contributed by atoms with Crippen LogP contribution in [-0.4, -0.2) is 46.2 Å². The normalized spacial score (nSPS) is 18.6. The summed E-state index contributed by atoms with van der Waals surface area (Å²) in [4.78, 5) is 25.4. The Labute approximate surface area is 127 Å². The molecule has 8 heteroatoms. The van der Waals surface area contributed by atoms with E-state index in [4.69, 9.17) is 5.11 Å². The van der Waals surface area contributed by atoms with Gasteiger partial charge in [-0.15, -0.1) is 23.1 Å². The van der Waals surface area contributed by atoms with Crippen LogP contribution < -0.4 is 5.32 Å². The van der Waals surface area contributed by atoms with Crippen LogP contribution in [0.15, 0.2) is 15.9 Å². The van der Waals surface area contributed by atoms with Gasteiger partial charge < -0.3 is 15.3 Å². The highest BCUT2D eigenvalue weighted by Crippen LogP contribution is 2.23. The number of carbonyl (C=O) groups excluding carboxylic acids is 1. The molecule has 0 aromatic carbocycles. The van der Waals surface area contributed by atoms with Crippen molar-refractivity contribution in [2.45, 2.75) is 12.5 Å². The Hall–Kier alpha value is -0.730. The molecule has 0 bridgehead atoms. The maximum absolute atomic E-state index is 11.9. The number of thiophene rings is 1. The number of carbonyl (C=O) groups is 2. The van der Waals surface area contributed by atoms with E-state index in [2.05, 4.69) is 21.2 Å². The molecule has 1 atom stereocenters. The van der Waals surface area contributed by atoms with Crippen molar-refractivity contribution in [2.75, 3.05) is 18.2 Å². The zero-order chi connectivity index (χ0) is 13.8. The zero-order valence-corrected chi connectivity index (χ0v) is 13.2. The van der Waals surface area contributed by atoms with Crippen molar-refractivity contribution in [3.63, 3.8) is 0 Å². The van der Waals surface area contributed by atoms with Crippen molar-refractivity contribution in [1.82, 2.24) is 10.2 Å². The molecular weight excluding hydrogens is 352 g/mol. The van der Waals surface area contributed by atoms with Crippen LogP contribution in [0.5, 0.6) is 0 Å². The molecular formula is C11H13BrN2O3S2. The average molecular weight is 365 g/mol. The summed E-state index contributed by atoms with van der Waals surface area (Å²) in [6, 6.07) is 2.97. The van der Waals surface area contributed by atoms with Crippen molar-refractivity contribution in [1.29, 1.82) is 0 Å². The molecule has 104 valence electrons. The molecule has 0 radical (unpaired) electrons. The number of halogens is 1. The molecule has 1 aromatic rings. The molecule has 2 amide bonds. The predicted molar refractivity (Wildman–Crippen MR) is 79.7 cm³/mol. The maximum Gasteiger partial charge on any atom is 0.327 e. The van der Waals surface area contributed by atoms with E-state index in [1.54, 1.807) is 11.3 Å². The van der Waals surface area contributed by atoms with Crippen LogP contribution in [0.1, 0.15) is 4.88 Å². The second-order valence-electron chi connectivity index (χ2n) is 4.01. The number of rotatable bonds is 4. The van der Waals surface area contributed by atoms with Crippen LogP contribution >= 0.6 is 39.0 Å². The first-order valence-electron chi connectivity index (χ1n) is 5.67. The molecule has 0 unspecified atom stereocenters. The lowest BCUT2D eigenvalue weighted by Gasteiger charge is -2.20. The van der Waals surface area contributed by atoms with E-state index in [-0.39, 0.29) is 6.03 Å². The van der Waals surface area contributed by atoms with E-state index in [0.29, 0.717) is 18.2 Å². The van der Waals surface area contributed by atoms with Gasteiger partial charge in [-0.2, -0.15) is 0 Å². The topological polar surface area (TPSA) is 69.6 Å². The number of aliphatic carboxylic acids is 1. The van der Waals surface area contributed by atoms with E-state index < -0.39 is 12.0 Å². The second-order valence-corrected chi connectivity index (χ2v) is 7.56. The lowest BCUT2D eigenvalue weighted by atomic mass is 10.3. The fourth-order valence-electron chi connectivity index (χ4n) is 1.73. The summed E-state index contributed by atoms with van der Waals surface area (Å²) < 4.78 is 1.07. The first-order valence-corrected chi connectivity index (χ1v) is 8.43. The molecule has 0 saturated carbocycles. The van der Waals surface area contributed by atoms with Gasteiger partial charge in [-0.05, 0) is 34.5 Å². The highest BCUT2D eigenvalue weighted by Gasteiger charge is 2.34. The third kappa shape index (κ3) is 3.87. The molecule has 0 aliphatic carbocycles. The third-order valence-corrected chi connectivity index (χ3v) is 5.40. The van der Waals surface area contributed by atoms with E-state index in [1.165, 1.54) is 21.5 Å². The fourth-order valence-corrected chi connectivity index (χ4v) is 4.36. The van der Waals surface area contributed by atoms with E-state index in [1.807, 2.05) is 12.1 Å². The van der Waals surface area contributed by atoms with Crippen LogP contribution in [0, 0.1) is 0 Å². The van der Waals surface area contributed by atoms with E-state index >= 15 is 0 Å². The van der Waals surface area contributed by atoms with Gasteiger partial charge in [-0.1, -0.05) is 0 Å². The van der Waals surface area contributed by atoms with E-state index in [0.717, 1.165) is 10.2 Å². The van der Waals surface area contributed by atoms with Gasteiger partial charge in [0.15, 0.2) is 0 Å². The minimum atomic E-state index is -0.942. The lowest BCUT2D eigenvalue weighted by molar-refractivity contribution is -0.140. The molecule has 1 aliphatic heterocycles. The first kappa shape index (κ1) is 14.7. The van der Waals surface area contributed by atoms with Gasteiger partial charge in [0.25, 0.3) is 0 Å². The number of urea groups is 1. The number of amides is 2. The number of nitrogens with one attached hydrogen (secondary N) is 1. The number of carboxylic acid groups (broad SMARTS) is 1. The largest absolute Gasteiger partial charge is 0.480 e. The lowest BCUT2D eigenvalue weighted by Crippen LogP contribution is -2.47. The summed E-state index contributed by atoms with van der Waals surface area (Å²) in [5, 5.41) is 11.8. The first-order chi connectivity index (χ1) is 9.08. The molecule has 2 rings (SSSR count). The average Bonchev–Trinajstić information content (AvgIpc) is 2.97. The van der Waals surface area contributed by atoms with Gasteiger partial charge >= 0.3 is 12.0 Å². The van der Waals surface area contributed by atoms with Gasteiger partial charge in [0.2, 0.25) is 0 Å². The minimum absolute atomic E-state index is 0.298. The van der Waals surface area contributed by atoms with Crippen LogP contribution in [0.4, 0.5) is 4.79 Å². The fraction of sp³-hybridized carbons (Fsp3) is 0.455. The highest BCUT2D eigenvalue weighted by atomic mass is 79.9. The van der Waals surface area contributed by atoms with Crippen LogP contribution in [-0.2, 0) is 11.2 Å². The van der Waals surface area contributed by atoms with Gasteiger partial charge in [-0.3, -0.25) is 0 Å². The summed E-state index contributed by atoms with van der Waals surface area (Å²) in [6.45, 7) is 0.513. The Morgan fingerprint density at radius 2 is 2.32 bits per heavy atom. The van der Waals surface area contributed by atoms with Gasteiger partial charge in [-0.25, -0.2) is 9.59 Å². The standard InChI is InChI=1S/C11H13BrN2O3S2/c12-9-2-1-7(19-9)3-4-13-11(17)14-6-18-5-8(14)10(15)16/h1-2,8H,3-6H2,(H,13,17)(H,15,16)/t8-/m0/s1. The molecule has 1 aliphatic rings. The van der Waals surface area contributed by atoms with Crippen molar-refractivity contribution < 1.29 is 14.7 Å². The molecule has 5 nitrogen and oxygen atoms in total. The van der Waals surface area contributed by atoms with Crippen molar-refractivity contribution in [2.24, 2.45) is 0 Å². The molecule has 2 heterocycles. The second kappa shape index (κ2) is 6.62. The van der Waals surface area contributed by atoms with Crippen molar-refractivity contribution in [3.05, 3.63) is 20.8 Å². The summed E-state index contributed by atoms with van der Waals surface area (Å²) in [5.41, 5.74) is 0. The number of hydrogen-bond donors (Lipinski definition) is 2. The summed E-state index contributed by atoms with van der Waals surface area (Å²) in [5.74, 6) is -0.0455. The quantitative estimate of drug-likeness (QED) is 0.859. The molecule has 1 saturated heterocycles. The Morgan fingerprint density at radius 1 is 1.53 bits per heavy atom. The predicted octanol–water partition coefficient (Wildman–Crippen LogP) is 2.22. The molecule has 1 fully saturated rings. The van der Waals surface area contributed by atoms with Crippen LogP contribution in [0.3, 0.4) is 0 Å². The van der Waals surface area contributed by atoms with Crippen molar-refractivity contribution >= 4 is 51.0 Å². The number of thioether (sulfide) groups is 1. The highest BCUT2D eigenvalue weighted by molar-refractivity contribution is 9.11. The third-order valence-electron chi connectivity index (χ3n) is 2.70. The monoisotopic (exact) mass is 364 g/mol. The number of nitrogens with zero attached hydrogens (tertiary/aromatic N) is 1. The molecule has 19 heavy (non-hydrogen) atoms. The summed E-state index contributed by atoms with van der Waals surface area (Å²) >= 11 is 6.48. The maximum atomic E-state index is 11.9. The number of carboxylic acids is 1.